The summed E-state index contributed by atoms with van der Waals surface area (Å²) in [4.78, 5) is 7.29. The Labute approximate surface area is 199 Å². The summed E-state index contributed by atoms with van der Waals surface area (Å²) in [6.45, 7) is 4.37. The number of aromatic nitrogens is 1. The lowest BCUT2D eigenvalue weighted by atomic mass is 10.1. The summed E-state index contributed by atoms with van der Waals surface area (Å²) in [5.74, 6) is 3.28. The van der Waals surface area contributed by atoms with Crippen molar-refractivity contribution in [3.05, 3.63) is 84.1 Å². The number of pyridine rings is 1. The van der Waals surface area contributed by atoms with Crippen molar-refractivity contribution < 1.29 is 14.2 Å². The van der Waals surface area contributed by atoms with E-state index in [1.807, 2.05) is 66.7 Å². The third-order valence-corrected chi connectivity index (χ3v) is 6.15. The zero-order chi connectivity index (χ0) is 21.5. The Kier molecular flexibility index (Phi) is 5.73. The summed E-state index contributed by atoms with van der Waals surface area (Å²) in [7, 11) is 0. The molecule has 168 valence electrons. The number of para-hydroxylation sites is 3. The van der Waals surface area contributed by atoms with Crippen molar-refractivity contribution in [3.8, 4) is 23.0 Å². The van der Waals surface area contributed by atoms with Crippen LogP contribution in [0.25, 0.3) is 10.9 Å². The number of halogens is 1. The fourth-order valence-corrected chi connectivity index (χ4v) is 4.67. The van der Waals surface area contributed by atoms with E-state index < -0.39 is 0 Å². The highest BCUT2D eigenvalue weighted by Crippen LogP contribution is 2.39. The molecule has 3 heterocycles. The summed E-state index contributed by atoms with van der Waals surface area (Å²) in [6, 6.07) is 23.9. The summed E-state index contributed by atoms with van der Waals surface area (Å²) >= 11 is 0. The Bertz CT molecular complexity index is 1300. The first kappa shape index (κ1) is 21.4. The van der Waals surface area contributed by atoms with Crippen LogP contribution in [0.4, 0.5) is 5.69 Å². The molecule has 0 saturated carbocycles. The van der Waals surface area contributed by atoms with Gasteiger partial charge in [-0.1, -0.05) is 30.3 Å². The number of nitrogens with zero attached hydrogens (tertiary/aromatic N) is 2. The van der Waals surface area contributed by atoms with Crippen LogP contribution in [0.1, 0.15) is 11.3 Å². The van der Waals surface area contributed by atoms with Crippen molar-refractivity contribution in [1.82, 2.24) is 4.98 Å². The smallest absolute Gasteiger partial charge is 0.161 e. The van der Waals surface area contributed by atoms with Crippen LogP contribution in [0.3, 0.4) is 0 Å². The Morgan fingerprint density at radius 1 is 0.970 bits per heavy atom. The fraction of sp³-hybridized carbons (Fsp3) is 0.222. The molecular weight excluding hydrogens is 436 g/mol. The van der Waals surface area contributed by atoms with Gasteiger partial charge in [-0.25, -0.2) is 0 Å². The van der Waals surface area contributed by atoms with Crippen molar-refractivity contribution in [1.29, 1.82) is 0 Å². The van der Waals surface area contributed by atoms with Crippen LogP contribution in [-0.2, 0) is 6.42 Å². The zero-order valence-corrected chi connectivity index (χ0v) is 19.2. The van der Waals surface area contributed by atoms with Gasteiger partial charge in [-0.3, -0.25) is 4.98 Å². The van der Waals surface area contributed by atoms with Crippen molar-refractivity contribution in [2.75, 3.05) is 24.6 Å². The largest absolute Gasteiger partial charge is 0.486 e. The maximum absolute atomic E-state index is 6.25. The van der Waals surface area contributed by atoms with Gasteiger partial charge in [0.2, 0.25) is 0 Å². The number of aryl methyl sites for hydroxylation is 1. The molecule has 0 N–H and O–H groups in total. The van der Waals surface area contributed by atoms with Crippen molar-refractivity contribution in [2.24, 2.45) is 0 Å². The molecule has 33 heavy (non-hydrogen) atoms. The van der Waals surface area contributed by atoms with Gasteiger partial charge >= 0.3 is 0 Å². The maximum atomic E-state index is 6.25. The van der Waals surface area contributed by atoms with E-state index in [-0.39, 0.29) is 18.5 Å². The number of hydrogen-bond donors (Lipinski definition) is 0. The molecule has 6 rings (SSSR count). The molecule has 2 aliphatic rings. The van der Waals surface area contributed by atoms with Crippen molar-refractivity contribution in [3.63, 3.8) is 0 Å². The summed E-state index contributed by atoms with van der Waals surface area (Å²) in [6.07, 6.45) is 0.959. The first-order valence-electron chi connectivity index (χ1n) is 11.0. The molecule has 0 saturated heterocycles. The Morgan fingerprint density at radius 2 is 1.76 bits per heavy atom. The monoisotopic (exact) mass is 460 g/mol. The van der Waals surface area contributed by atoms with E-state index in [4.69, 9.17) is 19.2 Å². The number of benzene rings is 3. The van der Waals surface area contributed by atoms with E-state index in [0.29, 0.717) is 6.61 Å². The molecule has 1 unspecified atom stereocenters. The Balaban J connectivity index is 0.00000228. The highest BCUT2D eigenvalue weighted by molar-refractivity contribution is 5.96. The Morgan fingerprint density at radius 3 is 2.61 bits per heavy atom. The normalized spacial score (nSPS) is 16.3. The van der Waals surface area contributed by atoms with Crippen LogP contribution in [-0.4, -0.2) is 30.8 Å². The molecule has 0 radical (unpaired) electrons. The lowest BCUT2D eigenvalue weighted by molar-refractivity contribution is 0.0956. The van der Waals surface area contributed by atoms with Crippen LogP contribution in [0.5, 0.6) is 23.0 Å². The lowest BCUT2D eigenvalue weighted by Crippen LogP contribution is -2.40. The minimum atomic E-state index is -0.0249. The molecule has 0 fully saturated rings. The van der Waals surface area contributed by atoms with Gasteiger partial charge in [0.05, 0.1) is 17.7 Å². The standard InChI is InChI=1S/C27H24N2O3.ClH/c1-18-22-13-14-29(16-21-17-30-25-9-5-6-10-26(25)32-21)27(22)23-15-20(11-12-24(23)28-18)31-19-7-3-2-4-8-19;/h2-12,15,21H,13-14,16-17H2,1H3;1H. The molecule has 0 spiro atoms. The third-order valence-electron chi connectivity index (χ3n) is 6.15. The number of anilines is 1. The molecule has 0 bridgehead atoms. The van der Waals surface area contributed by atoms with E-state index in [1.165, 1.54) is 11.3 Å². The van der Waals surface area contributed by atoms with E-state index in [2.05, 4.69) is 17.9 Å². The molecule has 0 amide bonds. The quantitative estimate of drug-likeness (QED) is 0.376. The minimum Gasteiger partial charge on any atom is -0.486 e. The van der Waals surface area contributed by atoms with E-state index >= 15 is 0 Å². The van der Waals surface area contributed by atoms with Crippen molar-refractivity contribution >= 4 is 29.0 Å². The van der Waals surface area contributed by atoms with Crippen LogP contribution >= 0.6 is 12.4 Å². The maximum Gasteiger partial charge on any atom is 0.161 e. The molecule has 5 nitrogen and oxygen atoms in total. The summed E-state index contributed by atoms with van der Waals surface area (Å²) in [5, 5.41) is 1.12. The number of hydrogen-bond acceptors (Lipinski definition) is 5. The number of ether oxygens (including phenoxy) is 3. The third kappa shape index (κ3) is 4.05. The van der Waals surface area contributed by atoms with Crippen LogP contribution in [0.2, 0.25) is 0 Å². The average Bonchev–Trinajstić information content (AvgIpc) is 3.25. The molecule has 4 aromatic rings. The Hall–Kier alpha value is -3.44. The molecular formula is C27H25ClN2O3. The van der Waals surface area contributed by atoms with Crippen LogP contribution in [0, 0.1) is 6.92 Å². The summed E-state index contributed by atoms with van der Waals surface area (Å²) in [5.41, 5.74) is 4.64. The second kappa shape index (κ2) is 8.83. The predicted molar refractivity (Wildman–Crippen MR) is 133 cm³/mol. The fourth-order valence-electron chi connectivity index (χ4n) is 4.67. The van der Waals surface area contributed by atoms with Gasteiger partial charge in [-0.15, -0.1) is 12.4 Å². The van der Waals surface area contributed by atoms with Gasteiger partial charge < -0.3 is 19.1 Å². The highest BCUT2D eigenvalue weighted by Gasteiger charge is 2.29. The summed E-state index contributed by atoms with van der Waals surface area (Å²) < 4.78 is 18.3. The molecule has 2 aliphatic heterocycles. The second-order valence-electron chi connectivity index (χ2n) is 8.31. The molecule has 3 aromatic carbocycles. The molecule has 6 heteroatoms. The van der Waals surface area contributed by atoms with E-state index in [1.54, 1.807) is 0 Å². The SMILES string of the molecule is Cc1nc2ccc(Oc3ccccc3)cc2c2c1CCN2CC1COc2ccccc2O1.Cl. The minimum absolute atomic E-state index is 0. The first-order valence-corrected chi connectivity index (χ1v) is 11.0. The van der Waals surface area contributed by atoms with Gasteiger partial charge in [-0.05, 0) is 61.4 Å². The second-order valence-corrected chi connectivity index (χ2v) is 8.31. The van der Waals surface area contributed by atoms with E-state index in [0.717, 1.165) is 59.1 Å². The van der Waals surface area contributed by atoms with Crippen LogP contribution in [0.15, 0.2) is 72.8 Å². The highest BCUT2D eigenvalue weighted by atomic mass is 35.5. The lowest BCUT2D eigenvalue weighted by Gasteiger charge is -2.31. The van der Waals surface area contributed by atoms with Crippen molar-refractivity contribution in [2.45, 2.75) is 19.4 Å². The van der Waals surface area contributed by atoms with Gasteiger partial charge in [0.15, 0.2) is 17.6 Å². The average molecular weight is 461 g/mol. The van der Waals surface area contributed by atoms with E-state index in [9.17, 15) is 0 Å². The molecule has 1 atom stereocenters. The first-order chi connectivity index (χ1) is 15.7. The predicted octanol–water partition coefficient (Wildman–Crippen LogP) is 5.96. The van der Waals surface area contributed by atoms with Gasteiger partial charge in [0.1, 0.15) is 18.1 Å². The van der Waals surface area contributed by atoms with Gasteiger partial charge in [-0.2, -0.15) is 0 Å². The topological polar surface area (TPSA) is 43.8 Å². The number of fused-ring (bicyclic) bond motifs is 4. The van der Waals surface area contributed by atoms with Crippen LogP contribution < -0.4 is 19.1 Å². The zero-order valence-electron chi connectivity index (χ0n) is 18.4. The van der Waals surface area contributed by atoms with Gasteiger partial charge in [0.25, 0.3) is 0 Å². The molecule has 1 aromatic heterocycles. The molecule has 0 aliphatic carbocycles. The number of rotatable bonds is 4. The van der Waals surface area contributed by atoms with Gasteiger partial charge in [0, 0.05) is 17.6 Å².